The normalized spacial score (nSPS) is 12.1. The first-order valence-corrected chi connectivity index (χ1v) is 8.91. The van der Waals surface area contributed by atoms with Gasteiger partial charge in [0.05, 0.1) is 22.8 Å². The van der Waals surface area contributed by atoms with Crippen molar-refractivity contribution in [3.63, 3.8) is 0 Å². The van der Waals surface area contributed by atoms with E-state index < -0.39 is 37.6 Å². The molecule has 0 spiro atoms. The van der Waals surface area contributed by atoms with Crippen molar-refractivity contribution in [2.75, 3.05) is 22.9 Å². The molecule has 0 aliphatic heterocycles. The van der Waals surface area contributed by atoms with Crippen molar-refractivity contribution in [2.45, 2.75) is 6.92 Å². The summed E-state index contributed by atoms with van der Waals surface area (Å²) >= 11 is 0. The molecular weight excluding hydrogens is 322 g/mol. The van der Waals surface area contributed by atoms with E-state index in [9.17, 15) is 21.6 Å². The summed E-state index contributed by atoms with van der Waals surface area (Å²) in [5.41, 5.74) is 0.507. The number of carbonyl (C=O) groups is 1. The number of nitrogens with zero attached hydrogens (tertiary/aromatic N) is 1. The lowest BCUT2D eigenvalue weighted by Crippen LogP contribution is -2.32. The highest BCUT2D eigenvalue weighted by atomic mass is 32.2. The highest BCUT2D eigenvalue weighted by molar-refractivity contribution is 7.94. The van der Waals surface area contributed by atoms with Crippen LogP contribution in [0.25, 0.3) is 0 Å². The molecule has 21 heavy (non-hydrogen) atoms. The second-order valence-corrected chi connectivity index (χ2v) is 8.07. The lowest BCUT2D eigenvalue weighted by molar-refractivity contribution is 0.0696. The third-order valence-corrected chi connectivity index (χ3v) is 5.58. The van der Waals surface area contributed by atoms with Crippen molar-refractivity contribution in [2.24, 2.45) is 0 Å². The molecule has 0 bridgehead atoms. The van der Waals surface area contributed by atoms with Crippen LogP contribution in [0.1, 0.15) is 15.9 Å². The molecule has 0 aliphatic carbocycles. The minimum absolute atomic E-state index is 0.0515. The molecule has 1 rings (SSSR count). The number of hydrogen-bond acceptors (Lipinski definition) is 5. The van der Waals surface area contributed by atoms with E-state index in [0.29, 0.717) is 5.56 Å². The molecule has 0 heterocycles. The van der Waals surface area contributed by atoms with E-state index in [0.717, 1.165) is 4.31 Å². The van der Waals surface area contributed by atoms with E-state index in [1.165, 1.54) is 25.2 Å². The summed E-state index contributed by atoms with van der Waals surface area (Å²) in [7, 11) is -7.23. The molecule has 0 aromatic heterocycles. The minimum atomic E-state index is -4.40. The van der Waals surface area contributed by atoms with Gasteiger partial charge < -0.3 is 5.11 Å². The lowest BCUT2D eigenvalue weighted by atomic mass is 10.1. The van der Waals surface area contributed by atoms with Crippen molar-refractivity contribution >= 4 is 31.8 Å². The van der Waals surface area contributed by atoms with E-state index >= 15 is 0 Å². The summed E-state index contributed by atoms with van der Waals surface area (Å²) in [6.45, 7) is 1.57. The van der Waals surface area contributed by atoms with Gasteiger partial charge in [0.25, 0.3) is 10.1 Å². The number of aromatic carboxylic acids is 1. The van der Waals surface area contributed by atoms with Crippen molar-refractivity contribution in [3.8, 4) is 0 Å². The van der Waals surface area contributed by atoms with Gasteiger partial charge in [-0.15, -0.1) is 0 Å². The minimum Gasteiger partial charge on any atom is -0.478 e. The van der Waals surface area contributed by atoms with Crippen molar-refractivity contribution in [1.29, 1.82) is 0 Å². The molecule has 118 valence electrons. The Hall–Kier alpha value is -1.65. The fraction of sp³-hybridized carbons (Fsp3) is 0.364. The number of aryl methyl sites for hydroxylation is 1. The van der Waals surface area contributed by atoms with Gasteiger partial charge in [0.1, 0.15) is 0 Å². The summed E-state index contributed by atoms with van der Waals surface area (Å²) < 4.78 is 54.5. The van der Waals surface area contributed by atoms with Crippen LogP contribution in [-0.2, 0) is 20.1 Å². The van der Waals surface area contributed by atoms with Gasteiger partial charge >= 0.3 is 5.97 Å². The number of carboxylic acid groups (broad SMARTS) is 1. The maximum atomic E-state index is 11.9. The summed E-state index contributed by atoms with van der Waals surface area (Å²) in [6.07, 6.45) is 0. The van der Waals surface area contributed by atoms with Gasteiger partial charge in [0.15, 0.2) is 0 Å². The number of carboxylic acids is 1. The van der Waals surface area contributed by atoms with Gasteiger partial charge in [0.2, 0.25) is 10.0 Å². The quantitative estimate of drug-likeness (QED) is 0.716. The largest absolute Gasteiger partial charge is 0.478 e. The van der Waals surface area contributed by atoms with Crippen molar-refractivity contribution in [3.05, 3.63) is 29.3 Å². The first-order chi connectivity index (χ1) is 9.44. The molecule has 0 saturated heterocycles. The number of hydrogen-bond donors (Lipinski definition) is 2. The van der Waals surface area contributed by atoms with Crippen molar-refractivity contribution < 1.29 is 31.3 Å². The van der Waals surface area contributed by atoms with Crippen LogP contribution < -0.4 is 4.31 Å². The van der Waals surface area contributed by atoms with Gasteiger partial charge in [-0.05, 0) is 24.6 Å². The van der Waals surface area contributed by atoms with E-state index in [-0.39, 0.29) is 11.3 Å². The molecule has 1 aromatic carbocycles. The Labute approximate surface area is 122 Å². The van der Waals surface area contributed by atoms with Gasteiger partial charge in [-0.2, -0.15) is 8.42 Å². The summed E-state index contributed by atoms with van der Waals surface area (Å²) in [5, 5.41) is 9.00. The molecule has 0 amide bonds. The van der Waals surface area contributed by atoms with Gasteiger partial charge in [0, 0.05) is 7.05 Å². The average Bonchev–Trinajstić information content (AvgIpc) is 2.35. The van der Waals surface area contributed by atoms with Crippen LogP contribution in [0, 0.1) is 6.92 Å². The molecule has 0 radical (unpaired) electrons. The third-order valence-electron chi connectivity index (χ3n) is 2.83. The maximum absolute atomic E-state index is 11.9. The zero-order valence-corrected chi connectivity index (χ0v) is 13.0. The smallest absolute Gasteiger partial charge is 0.336 e. The number of anilines is 1. The monoisotopic (exact) mass is 337 g/mol. The Balaban J connectivity index is 3.10. The average molecular weight is 337 g/mol. The van der Waals surface area contributed by atoms with Crippen LogP contribution in [0.4, 0.5) is 5.69 Å². The highest BCUT2D eigenvalue weighted by Gasteiger charge is 2.22. The molecule has 0 atom stereocenters. The SMILES string of the molecule is Cc1ccc(N(C)S(=O)(=O)CCS(=O)(=O)O)cc1C(=O)O. The molecule has 0 unspecified atom stereocenters. The first-order valence-electron chi connectivity index (χ1n) is 5.70. The zero-order chi connectivity index (χ0) is 16.4. The Kier molecular flexibility index (Phi) is 4.97. The van der Waals surface area contributed by atoms with E-state index in [1.807, 2.05) is 0 Å². The van der Waals surface area contributed by atoms with E-state index in [4.69, 9.17) is 9.66 Å². The summed E-state index contributed by atoms with van der Waals surface area (Å²) in [5.74, 6) is -2.94. The second-order valence-electron chi connectivity index (χ2n) is 4.37. The topological polar surface area (TPSA) is 129 Å². The molecular formula is C11H15NO7S2. The van der Waals surface area contributed by atoms with Crippen LogP contribution in [0.3, 0.4) is 0 Å². The fourth-order valence-corrected chi connectivity index (χ4v) is 3.94. The summed E-state index contributed by atoms with van der Waals surface area (Å²) in [6, 6.07) is 4.04. The van der Waals surface area contributed by atoms with Gasteiger partial charge in [-0.25, -0.2) is 13.2 Å². The molecule has 8 nitrogen and oxygen atoms in total. The fourth-order valence-electron chi connectivity index (χ4n) is 1.54. The van der Waals surface area contributed by atoms with Crippen molar-refractivity contribution in [1.82, 2.24) is 0 Å². The Morgan fingerprint density at radius 1 is 1.19 bits per heavy atom. The Morgan fingerprint density at radius 3 is 2.24 bits per heavy atom. The highest BCUT2D eigenvalue weighted by Crippen LogP contribution is 2.21. The number of benzene rings is 1. The van der Waals surface area contributed by atoms with E-state index in [2.05, 4.69) is 0 Å². The molecule has 10 heteroatoms. The molecule has 1 aromatic rings. The predicted molar refractivity (Wildman–Crippen MR) is 76.7 cm³/mol. The predicted octanol–water partition coefficient (Wildman–Crippen LogP) is 0.347. The first kappa shape index (κ1) is 17.4. The molecule has 0 aliphatic rings. The molecule has 2 N–H and O–H groups in total. The van der Waals surface area contributed by atoms with Crippen LogP contribution in [-0.4, -0.2) is 51.0 Å². The Morgan fingerprint density at radius 2 is 1.76 bits per heavy atom. The lowest BCUT2D eigenvalue weighted by Gasteiger charge is -2.20. The van der Waals surface area contributed by atoms with Gasteiger partial charge in [-0.3, -0.25) is 8.86 Å². The zero-order valence-electron chi connectivity index (χ0n) is 11.3. The molecule has 0 fully saturated rings. The van der Waals surface area contributed by atoms with Crippen LogP contribution in [0.15, 0.2) is 18.2 Å². The number of sulfonamides is 1. The summed E-state index contributed by atoms with van der Waals surface area (Å²) in [4.78, 5) is 11.0. The molecule has 0 saturated carbocycles. The van der Waals surface area contributed by atoms with Gasteiger partial charge in [-0.1, -0.05) is 6.07 Å². The van der Waals surface area contributed by atoms with E-state index in [1.54, 1.807) is 6.92 Å². The third kappa shape index (κ3) is 4.69. The van der Waals surface area contributed by atoms with Crippen LogP contribution in [0.5, 0.6) is 0 Å². The number of rotatable bonds is 6. The standard InChI is InChI=1S/C11H15NO7S2/c1-8-3-4-9(7-10(8)11(13)14)12(2)20(15,16)5-6-21(17,18)19/h3-4,7H,5-6H2,1-2H3,(H,13,14)(H,17,18,19). The Bertz CT molecular complexity index is 753. The van der Waals surface area contributed by atoms with Crippen LogP contribution in [0.2, 0.25) is 0 Å². The maximum Gasteiger partial charge on any atom is 0.336 e. The second kappa shape index (κ2) is 6.00. The van der Waals surface area contributed by atoms with Crippen LogP contribution >= 0.6 is 0 Å².